The van der Waals surface area contributed by atoms with Gasteiger partial charge in [-0.15, -0.1) is 0 Å². The Balaban J connectivity index is 2.14. The summed E-state index contributed by atoms with van der Waals surface area (Å²) in [6.07, 6.45) is -0.794. The Morgan fingerprint density at radius 2 is 1.83 bits per heavy atom. The number of carboxylic acids is 1. The second-order valence-electron chi connectivity index (χ2n) is 7.61. The zero-order valence-corrected chi connectivity index (χ0v) is 17.4. The molecule has 0 spiro atoms. The van der Waals surface area contributed by atoms with Gasteiger partial charge < -0.3 is 24.6 Å². The van der Waals surface area contributed by atoms with Crippen LogP contribution >= 0.6 is 0 Å². The van der Waals surface area contributed by atoms with Crippen LogP contribution in [0.1, 0.15) is 31.9 Å². The van der Waals surface area contributed by atoms with Crippen LogP contribution in [0.3, 0.4) is 0 Å². The number of halogens is 1. The van der Waals surface area contributed by atoms with Crippen molar-refractivity contribution in [3.8, 4) is 11.5 Å². The summed E-state index contributed by atoms with van der Waals surface area (Å²) in [5.74, 6) is -1.07. The lowest BCUT2D eigenvalue weighted by molar-refractivity contribution is -0.139. The largest absolute Gasteiger partial charge is 0.496 e. The van der Waals surface area contributed by atoms with Crippen LogP contribution in [0.2, 0.25) is 0 Å². The van der Waals surface area contributed by atoms with Crippen LogP contribution in [0.4, 0.5) is 9.18 Å². The van der Waals surface area contributed by atoms with E-state index in [2.05, 4.69) is 5.32 Å². The van der Waals surface area contributed by atoms with Crippen molar-refractivity contribution in [1.29, 1.82) is 0 Å². The monoisotopic (exact) mass is 419 g/mol. The van der Waals surface area contributed by atoms with Crippen molar-refractivity contribution in [3.05, 3.63) is 59.4 Å². The maximum absolute atomic E-state index is 13.8. The third-order valence-electron chi connectivity index (χ3n) is 3.99. The number of para-hydroxylation sites is 1. The van der Waals surface area contributed by atoms with Gasteiger partial charge in [-0.1, -0.05) is 18.2 Å². The molecule has 2 aromatic carbocycles. The number of nitrogens with one attached hydrogen (secondary N) is 1. The SMILES string of the molecule is COc1ccc(CC(NC(=O)OC(C)(C)C)C(=O)O)cc1COc1ccccc1F. The number of benzene rings is 2. The van der Waals surface area contributed by atoms with E-state index in [1.54, 1.807) is 51.1 Å². The lowest BCUT2D eigenvalue weighted by Gasteiger charge is -2.22. The molecule has 8 heteroatoms. The lowest BCUT2D eigenvalue weighted by atomic mass is 10.0. The molecular weight excluding hydrogens is 393 g/mol. The number of ether oxygens (including phenoxy) is 3. The first-order valence-electron chi connectivity index (χ1n) is 9.34. The van der Waals surface area contributed by atoms with Crippen LogP contribution in [0, 0.1) is 5.82 Å². The van der Waals surface area contributed by atoms with Gasteiger partial charge in [-0.3, -0.25) is 0 Å². The van der Waals surface area contributed by atoms with E-state index in [9.17, 15) is 19.1 Å². The Bertz CT molecular complexity index is 893. The van der Waals surface area contributed by atoms with Crippen LogP contribution < -0.4 is 14.8 Å². The standard InChI is InChI=1S/C22H26FNO6/c1-22(2,3)30-21(27)24-17(20(25)26)12-14-9-10-18(28-4)15(11-14)13-29-19-8-6-5-7-16(19)23/h5-11,17H,12-13H2,1-4H3,(H,24,27)(H,25,26). The predicted octanol–water partition coefficient (Wildman–Crippen LogP) is 3.93. The average molecular weight is 419 g/mol. The molecule has 1 atom stereocenters. The van der Waals surface area contributed by atoms with Crippen LogP contribution in [-0.4, -0.2) is 35.9 Å². The topological polar surface area (TPSA) is 94.1 Å². The molecule has 0 bridgehead atoms. The van der Waals surface area contributed by atoms with E-state index in [-0.39, 0.29) is 18.8 Å². The molecule has 2 rings (SSSR count). The number of rotatable bonds is 8. The van der Waals surface area contributed by atoms with E-state index in [1.807, 2.05) is 0 Å². The maximum Gasteiger partial charge on any atom is 0.408 e. The van der Waals surface area contributed by atoms with Crippen LogP contribution in [-0.2, 0) is 22.6 Å². The Morgan fingerprint density at radius 1 is 1.13 bits per heavy atom. The van der Waals surface area contributed by atoms with E-state index in [1.165, 1.54) is 19.2 Å². The summed E-state index contributed by atoms with van der Waals surface area (Å²) in [6, 6.07) is 9.90. The van der Waals surface area contributed by atoms with Gasteiger partial charge >= 0.3 is 12.1 Å². The van der Waals surface area contributed by atoms with Gasteiger partial charge in [0.05, 0.1) is 7.11 Å². The third-order valence-corrected chi connectivity index (χ3v) is 3.99. The molecule has 0 aliphatic rings. The van der Waals surface area contributed by atoms with E-state index in [0.717, 1.165) is 0 Å². The van der Waals surface area contributed by atoms with Crippen molar-refractivity contribution in [2.45, 2.75) is 45.4 Å². The summed E-state index contributed by atoms with van der Waals surface area (Å²) in [7, 11) is 1.49. The van der Waals surface area contributed by atoms with E-state index < -0.39 is 29.5 Å². The summed E-state index contributed by atoms with van der Waals surface area (Å²) in [4.78, 5) is 23.6. The molecule has 30 heavy (non-hydrogen) atoms. The van der Waals surface area contributed by atoms with E-state index in [0.29, 0.717) is 16.9 Å². The van der Waals surface area contributed by atoms with Crippen LogP contribution in [0.25, 0.3) is 0 Å². The summed E-state index contributed by atoms with van der Waals surface area (Å²) in [5, 5.41) is 11.8. The van der Waals surface area contributed by atoms with Crippen LogP contribution in [0.5, 0.6) is 11.5 Å². The summed E-state index contributed by atoms with van der Waals surface area (Å²) in [6.45, 7) is 5.09. The molecule has 0 aliphatic heterocycles. The predicted molar refractivity (Wildman–Crippen MR) is 108 cm³/mol. The number of alkyl carbamates (subject to hydrolysis) is 1. The molecule has 2 N–H and O–H groups in total. The molecule has 1 amide bonds. The second kappa shape index (κ2) is 9.96. The molecule has 0 radical (unpaired) electrons. The Morgan fingerprint density at radius 3 is 2.43 bits per heavy atom. The van der Waals surface area contributed by atoms with Gasteiger partial charge in [-0.05, 0) is 50.6 Å². The number of amides is 1. The summed E-state index contributed by atoms with van der Waals surface area (Å²) < 4.78 is 29.7. The number of aliphatic carboxylic acids is 1. The number of carboxylic acid groups (broad SMARTS) is 1. The minimum absolute atomic E-state index is 0.0191. The van der Waals surface area contributed by atoms with Crippen molar-refractivity contribution in [2.24, 2.45) is 0 Å². The van der Waals surface area contributed by atoms with Crippen molar-refractivity contribution < 1.29 is 33.3 Å². The normalized spacial score (nSPS) is 12.0. The van der Waals surface area contributed by atoms with Gasteiger partial charge in [0.2, 0.25) is 0 Å². The molecule has 0 saturated heterocycles. The first-order valence-corrected chi connectivity index (χ1v) is 9.34. The average Bonchev–Trinajstić information content (AvgIpc) is 2.65. The molecule has 1 unspecified atom stereocenters. The third kappa shape index (κ3) is 6.95. The maximum atomic E-state index is 13.8. The van der Waals surface area contributed by atoms with Crippen molar-refractivity contribution in [2.75, 3.05) is 7.11 Å². The smallest absolute Gasteiger partial charge is 0.408 e. The molecule has 162 valence electrons. The van der Waals surface area contributed by atoms with Crippen molar-refractivity contribution >= 4 is 12.1 Å². The van der Waals surface area contributed by atoms with Gasteiger partial charge in [0.25, 0.3) is 0 Å². The molecular formula is C22H26FNO6. The highest BCUT2D eigenvalue weighted by Gasteiger charge is 2.24. The fraction of sp³-hybridized carbons (Fsp3) is 0.364. The molecule has 0 saturated carbocycles. The minimum Gasteiger partial charge on any atom is -0.496 e. The summed E-state index contributed by atoms with van der Waals surface area (Å²) >= 11 is 0. The molecule has 7 nitrogen and oxygen atoms in total. The molecule has 0 aromatic heterocycles. The number of carbonyl (C=O) groups excluding carboxylic acids is 1. The van der Waals surface area contributed by atoms with Crippen molar-refractivity contribution in [3.63, 3.8) is 0 Å². The van der Waals surface area contributed by atoms with Gasteiger partial charge in [-0.2, -0.15) is 0 Å². The number of methoxy groups -OCH3 is 1. The van der Waals surface area contributed by atoms with Crippen LogP contribution in [0.15, 0.2) is 42.5 Å². The van der Waals surface area contributed by atoms with Gasteiger partial charge in [0.1, 0.15) is 24.0 Å². The van der Waals surface area contributed by atoms with E-state index in [4.69, 9.17) is 14.2 Å². The Hall–Kier alpha value is -3.29. The zero-order chi connectivity index (χ0) is 22.3. The number of hydrogen-bond donors (Lipinski definition) is 2. The lowest BCUT2D eigenvalue weighted by Crippen LogP contribution is -2.44. The molecule has 0 fully saturated rings. The fourth-order valence-corrected chi connectivity index (χ4v) is 2.67. The van der Waals surface area contributed by atoms with E-state index >= 15 is 0 Å². The quantitative estimate of drug-likeness (QED) is 0.673. The first-order chi connectivity index (χ1) is 14.1. The number of carbonyl (C=O) groups is 2. The van der Waals surface area contributed by atoms with Gasteiger partial charge in [0.15, 0.2) is 11.6 Å². The molecule has 0 heterocycles. The zero-order valence-electron chi connectivity index (χ0n) is 17.4. The second-order valence-corrected chi connectivity index (χ2v) is 7.61. The number of hydrogen-bond acceptors (Lipinski definition) is 5. The Kier molecular flexibility index (Phi) is 7.63. The highest BCUT2D eigenvalue weighted by atomic mass is 19.1. The van der Waals surface area contributed by atoms with Gasteiger partial charge in [-0.25, -0.2) is 14.0 Å². The van der Waals surface area contributed by atoms with Crippen molar-refractivity contribution in [1.82, 2.24) is 5.32 Å². The first kappa shape index (κ1) is 23.0. The highest BCUT2D eigenvalue weighted by Crippen LogP contribution is 2.24. The molecule has 0 aliphatic carbocycles. The highest BCUT2D eigenvalue weighted by molar-refractivity contribution is 5.80. The molecule has 2 aromatic rings. The fourth-order valence-electron chi connectivity index (χ4n) is 2.67. The summed E-state index contributed by atoms with van der Waals surface area (Å²) in [5.41, 5.74) is 0.496. The minimum atomic E-state index is -1.19. The van der Waals surface area contributed by atoms with Gasteiger partial charge in [0, 0.05) is 12.0 Å². The Labute approximate surface area is 174 Å².